The summed E-state index contributed by atoms with van der Waals surface area (Å²) in [5, 5.41) is 4.48. The van der Waals surface area contributed by atoms with Gasteiger partial charge in [-0.05, 0) is 53.1 Å². The minimum atomic E-state index is -0.874. The first-order chi connectivity index (χ1) is 14.8. The Morgan fingerprint density at radius 2 is 1.48 bits per heavy atom. The monoisotopic (exact) mass is 442 g/mol. The number of benzene rings is 2. The zero-order chi connectivity index (χ0) is 22.5. The fourth-order valence-electron chi connectivity index (χ4n) is 3.86. The van der Waals surface area contributed by atoms with Crippen LogP contribution in [0.5, 0.6) is 0 Å². The van der Waals surface area contributed by atoms with E-state index in [1.54, 1.807) is 0 Å². The van der Waals surface area contributed by atoms with Gasteiger partial charge < -0.3 is 15.4 Å². The van der Waals surface area contributed by atoms with Crippen molar-refractivity contribution in [2.45, 2.75) is 45.2 Å². The van der Waals surface area contributed by atoms with Gasteiger partial charge in [0.25, 0.3) is 0 Å². The number of alkyl carbamates (subject to hydrolysis) is 1. The van der Waals surface area contributed by atoms with Crippen LogP contribution in [0.2, 0.25) is 0 Å². The highest BCUT2D eigenvalue weighted by atomic mass is 35.5. The fourth-order valence-corrected chi connectivity index (χ4v) is 4.00. The molecule has 6 nitrogen and oxygen atoms in total. The lowest BCUT2D eigenvalue weighted by atomic mass is 9.98. The summed E-state index contributed by atoms with van der Waals surface area (Å²) in [7, 11) is 0. The molecule has 2 amide bonds. The fraction of sp³-hybridized carbons (Fsp3) is 0.375. The predicted molar refractivity (Wildman–Crippen MR) is 120 cm³/mol. The van der Waals surface area contributed by atoms with Crippen LogP contribution in [-0.4, -0.2) is 35.9 Å². The maximum Gasteiger partial charge on any atom is 0.407 e. The highest BCUT2D eigenvalue weighted by molar-refractivity contribution is 6.64. The molecule has 2 aromatic rings. The molecule has 3 rings (SSSR count). The Labute approximate surface area is 187 Å². The molecule has 0 unspecified atom stereocenters. The van der Waals surface area contributed by atoms with E-state index in [4.69, 9.17) is 16.3 Å². The molecule has 2 N–H and O–H groups in total. The Bertz CT molecular complexity index is 930. The SMILES string of the molecule is CC(C)C[C@H](NC(=O)[C@H](C)NC(=O)OCC1c2ccccc2-c2ccccc21)C(=O)Cl. The molecule has 1 aliphatic rings. The number of rotatable bonds is 8. The third kappa shape index (κ3) is 5.44. The highest BCUT2D eigenvalue weighted by Crippen LogP contribution is 2.44. The molecule has 164 valence electrons. The highest BCUT2D eigenvalue weighted by Gasteiger charge is 2.29. The van der Waals surface area contributed by atoms with Crippen LogP contribution in [0, 0.1) is 5.92 Å². The maximum absolute atomic E-state index is 12.4. The smallest absolute Gasteiger partial charge is 0.407 e. The van der Waals surface area contributed by atoms with Crippen LogP contribution >= 0.6 is 11.6 Å². The van der Waals surface area contributed by atoms with Crippen LogP contribution in [0.3, 0.4) is 0 Å². The van der Waals surface area contributed by atoms with Crippen LogP contribution in [-0.2, 0) is 14.3 Å². The Balaban J connectivity index is 1.58. The first kappa shape index (κ1) is 22.8. The van der Waals surface area contributed by atoms with Gasteiger partial charge in [0.15, 0.2) is 0 Å². The Kier molecular flexibility index (Phi) is 7.33. The summed E-state index contributed by atoms with van der Waals surface area (Å²) in [6.45, 7) is 5.54. The van der Waals surface area contributed by atoms with Gasteiger partial charge in [-0.3, -0.25) is 9.59 Å². The van der Waals surface area contributed by atoms with E-state index in [2.05, 4.69) is 22.8 Å². The number of hydrogen-bond donors (Lipinski definition) is 2. The van der Waals surface area contributed by atoms with Gasteiger partial charge in [-0.1, -0.05) is 62.4 Å². The van der Waals surface area contributed by atoms with Crippen LogP contribution in [0.4, 0.5) is 4.79 Å². The first-order valence-electron chi connectivity index (χ1n) is 10.4. The van der Waals surface area contributed by atoms with E-state index in [9.17, 15) is 14.4 Å². The van der Waals surface area contributed by atoms with Crippen LogP contribution < -0.4 is 10.6 Å². The topological polar surface area (TPSA) is 84.5 Å². The first-order valence-corrected chi connectivity index (χ1v) is 10.8. The molecular weight excluding hydrogens is 416 g/mol. The average molecular weight is 443 g/mol. The standard InChI is InChI=1S/C24H27ClN2O4/c1-14(2)12-21(22(25)28)27-23(29)15(3)26-24(30)31-13-20-18-10-6-4-8-16(18)17-9-5-7-11-19(17)20/h4-11,14-15,20-21H,12-13H2,1-3H3,(H,26,30)(H,27,29)/t15-,21-/m0/s1. The molecule has 0 saturated heterocycles. The molecule has 0 heterocycles. The third-order valence-electron chi connectivity index (χ3n) is 5.37. The van der Waals surface area contributed by atoms with Crippen molar-refractivity contribution in [1.82, 2.24) is 10.6 Å². The molecule has 1 aliphatic carbocycles. The minimum absolute atomic E-state index is 0.0634. The van der Waals surface area contributed by atoms with Gasteiger partial charge in [0, 0.05) is 5.92 Å². The lowest BCUT2D eigenvalue weighted by molar-refractivity contribution is -0.126. The average Bonchev–Trinajstić information content (AvgIpc) is 3.05. The Morgan fingerprint density at radius 3 is 2.00 bits per heavy atom. The number of fused-ring (bicyclic) bond motifs is 3. The molecule has 2 aromatic carbocycles. The molecule has 0 aromatic heterocycles. The summed E-state index contributed by atoms with van der Waals surface area (Å²) in [5.74, 6) is -0.377. The van der Waals surface area contributed by atoms with Crippen molar-refractivity contribution in [2.24, 2.45) is 5.92 Å². The van der Waals surface area contributed by atoms with E-state index < -0.39 is 29.3 Å². The van der Waals surface area contributed by atoms with Crippen molar-refractivity contribution < 1.29 is 19.1 Å². The van der Waals surface area contributed by atoms with Gasteiger partial charge >= 0.3 is 6.09 Å². The maximum atomic E-state index is 12.4. The van der Waals surface area contributed by atoms with E-state index in [0.717, 1.165) is 22.3 Å². The number of hydrogen-bond acceptors (Lipinski definition) is 4. The summed E-state index contributed by atoms with van der Waals surface area (Å²) >= 11 is 5.58. The van der Waals surface area contributed by atoms with E-state index in [0.29, 0.717) is 6.42 Å². The molecule has 31 heavy (non-hydrogen) atoms. The second-order valence-electron chi connectivity index (χ2n) is 8.19. The van der Waals surface area contributed by atoms with Gasteiger partial charge in [0.05, 0.1) is 0 Å². The largest absolute Gasteiger partial charge is 0.449 e. The lowest BCUT2D eigenvalue weighted by Crippen LogP contribution is -2.50. The molecule has 0 fully saturated rings. The number of ether oxygens (including phenoxy) is 1. The van der Waals surface area contributed by atoms with Gasteiger partial charge in [0.2, 0.25) is 11.1 Å². The van der Waals surface area contributed by atoms with E-state index >= 15 is 0 Å². The van der Waals surface area contributed by atoms with Crippen molar-refractivity contribution in [3.8, 4) is 11.1 Å². The van der Waals surface area contributed by atoms with Gasteiger partial charge in [0.1, 0.15) is 18.7 Å². The van der Waals surface area contributed by atoms with Crippen molar-refractivity contribution in [1.29, 1.82) is 0 Å². The van der Waals surface area contributed by atoms with E-state index in [1.165, 1.54) is 6.92 Å². The summed E-state index contributed by atoms with van der Waals surface area (Å²) in [6, 6.07) is 14.4. The summed E-state index contributed by atoms with van der Waals surface area (Å²) in [5.41, 5.74) is 4.50. The molecule has 0 saturated carbocycles. The lowest BCUT2D eigenvalue weighted by Gasteiger charge is -2.20. The molecule has 7 heteroatoms. The number of carbonyl (C=O) groups excluding carboxylic acids is 3. The van der Waals surface area contributed by atoms with Gasteiger partial charge in [-0.15, -0.1) is 0 Å². The van der Waals surface area contributed by atoms with Crippen molar-refractivity contribution in [3.63, 3.8) is 0 Å². The molecule has 0 spiro atoms. The van der Waals surface area contributed by atoms with Gasteiger partial charge in [-0.2, -0.15) is 0 Å². The second-order valence-corrected chi connectivity index (χ2v) is 8.56. The summed E-state index contributed by atoms with van der Waals surface area (Å²) in [6.07, 6.45) is -0.270. The number of amides is 2. The molecule has 0 aliphatic heterocycles. The predicted octanol–water partition coefficient (Wildman–Crippen LogP) is 4.21. The summed E-state index contributed by atoms with van der Waals surface area (Å²) < 4.78 is 5.45. The minimum Gasteiger partial charge on any atom is -0.449 e. The van der Waals surface area contributed by atoms with E-state index in [1.807, 2.05) is 50.2 Å². The van der Waals surface area contributed by atoms with Gasteiger partial charge in [-0.25, -0.2) is 4.79 Å². The normalized spacial score (nSPS) is 14.4. The number of nitrogens with one attached hydrogen (secondary N) is 2. The number of halogens is 1. The van der Waals surface area contributed by atoms with Crippen molar-refractivity contribution >= 4 is 28.8 Å². The number of carbonyl (C=O) groups is 3. The molecular formula is C24H27ClN2O4. The zero-order valence-corrected chi connectivity index (χ0v) is 18.6. The third-order valence-corrected chi connectivity index (χ3v) is 5.63. The molecule has 0 bridgehead atoms. The van der Waals surface area contributed by atoms with E-state index in [-0.39, 0.29) is 18.4 Å². The Morgan fingerprint density at radius 1 is 0.935 bits per heavy atom. The molecule has 2 atom stereocenters. The van der Waals surface area contributed by atoms with Crippen molar-refractivity contribution in [3.05, 3.63) is 59.7 Å². The second kappa shape index (κ2) is 9.96. The molecule has 0 radical (unpaired) electrons. The quantitative estimate of drug-likeness (QED) is 0.600. The Hall–Kier alpha value is -2.86. The van der Waals surface area contributed by atoms with Crippen LogP contribution in [0.15, 0.2) is 48.5 Å². The summed E-state index contributed by atoms with van der Waals surface area (Å²) in [4.78, 5) is 36.2. The van der Waals surface area contributed by atoms with Crippen molar-refractivity contribution in [2.75, 3.05) is 6.61 Å². The zero-order valence-electron chi connectivity index (χ0n) is 17.9. The van der Waals surface area contributed by atoms with Crippen LogP contribution in [0.1, 0.15) is 44.2 Å². The van der Waals surface area contributed by atoms with Crippen LogP contribution in [0.25, 0.3) is 11.1 Å².